The molecule has 0 aromatic carbocycles. The van der Waals surface area contributed by atoms with Gasteiger partial charge in [0.15, 0.2) is 0 Å². The molecule has 7 heteroatoms. The van der Waals surface area contributed by atoms with Crippen molar-refractivity contribution in [3.05, 3.63) is 0 Å². The van der Waals surface area contributed by atoms with E-state index >= 15 is 0 Å². The van der Waals surface area contributed by atoms with Crippen LogP contribution < -0.4 is 21.7 Å². The standard InChI is InChI=1S/C6H14N2.C2H2O4.Pt/c7-5-3-1-2-4-6(5)8;3-1(4)2(5)6;/h5-6H,1-4,7-8H2;(H,3,4)(H,5,6);/q;;+2/p-2/t5-,6-;;/m1../s1/i5D,6D;;. The summed E-state index contributed by atoms with van der Waals surface area (Å²) in [6.45, 7) is 0. The third-order valence-electron chi connectivity index (χ3n) is 1.72. The summed E-state index contributed by atoms with van der Waals surface area (Å²) >= 11 is 0. The van der Waals surface area contributed by atoms with E-state index in [1.807, 2.05) is 0 Å². The normalized spacial score (nSPS) is 35.9. The smallest absolute Gasteiger partial charge is 0.543 e. The van der Waals surface area contributed by atoms with Gasteiger partial charge in [-0.3, -0.25) is 0 Å². The van der Waals surface area contributed by atoms with Gasteiger partial charge in [0, 0.05) is 14.8 Å². The van der Waals surface area contributed by atoms with Gasteiger partial charge < -0.3 is 31.3 Å². The second kappa shape index (κ2) is 8.82. The molecule has 0 aromatic rings. The van der Waals surface area contributed by atoms with Crippen LogP contribution in [0.1, 0.15) is 28.4 Å². The Morgan fingerprint density at radius 1 is 1.07 bits per heavy atom. The maximum atomic E-state index is 8.93. The molecule has 1 saturated carbocycles. The van der Waals surface area contributed by atoms with Gasteiger partial charge in [-0.15, -0.1) is 0 Å². The fourth-order valence-corrected chi connectivity index (χ4v) is 0.952. The summed E-state index contributed by atoms with van der Waals surface area (Å²) in [5.74, 6) is -4.37. The van der Waals surface area contributed by atoms with Crippen molar-refractivity contribution in [1.29, 1.82) is 0 Å². The molecule has 1 aliphatic carbocycles. The first-order valence-corrected chi connectivity index (χ1v) is 4.10. The van der Waals surface area contributed by atoms with Gasteiger partial charge in [-0.05, 0) is 12.8 Å². The van der Waals surface area contributed by atoms with Crippen LogP contribution in [-0.2, 0) is 30.7 Å². The summed E-state index contributed by atoms with van der Waals surface area (Å²) in [7, 11) is 0. The summed E-state index contributed by atoms with van der Waals surface area (Å²) in [6.07, 6.45) is 2.95. The Bertz CT molecular complexity index is 259. The molecule has 4 N–H and O–H groups in total. The van der Waals surface area contributed by atoms with Gasteiger partial charge in [0.2, 0.25) is 0 Å². The van der Waals surface area contributed by atoms with Gasteiger partial charge in [-0.2, -0.15) is 0 Å². The number of carbonyl (C=O) groups is 2. The van der Waals surface area contributed by atoms with Crippen molar-refractivity contribution in [2.75, 3.05) is 0 Å². The molecular formula is C8H14N2O4Pt. The summed E-state index contributed by atoms with van der Waals surface area (Å²) in [4.78, 5) is 17.9. The van der Waals surface area contributed by atoms with Crippen molar-refractivity contribution in [3.8, 4) is 0 Å². The second-order valence-corrected chi connectivity index (χ2v) is 2.83. The Kier molecular flexibility index (Phi) is 7.42. The van der Waals surface area contributed by atoms with Gasteiger partial charge in [0.05, 0.1) is 11.9 Å². The first-order valence-electron chi connectivity index (χ1n) is 5.10. The molecule has 15 heavy (non-hydrogen) atoms. The monoisotopic (exact) mass is 399 g/mol. The van der Waals surface area contributed by atoms with Crippen LogP contribution in [0.2, 0.25) is 0 Å². The van der Waals surface area contributed by atoms with E-state index in [1.54, 1.807) is 0 Å². The van der Waals surface area contributed by atoms with Crippen LogP contribution in [0, 0.1) is 0 Å². The minimum absolute atomic E-state index is 0. The van der Waals surface area contributed by atoms with Crippen LogP contribution >= 0.6 is 0 Å². The minimum Gasteiger partial charge on any atom is -0.543 e. The van der Waals surface area contributed by atoms with E-state index in [-0.39, 0.29) is 21.1 Å². The molecule has 0 radical (unpaired) electrons. The molecular weight excluding hydrogens is 383 g/mol. The maximum Gasteiger partial charge on any atom is 2.00 e. The molecule has 1 aliphatic rings. The van der Waals surface area contributed by atoms with Gasteiger partial charge in [0.1, 0.15) is 0 Å². The first kappa shape index (κ1) is 12.6. The predicted molar refractivity (Wildman–Crippen MR) is 44.4 cm³/mol. The summed E-state index contributed by atoms with van der Waals surface area (Å²) in [6, 6.07) is -2.46. The molecule has 0 heterocycles. The molecule has 0 amide bonds. The van der Waals surface area contributed by atoms with E-state index in [2.05, 4.69) is 0 Å². The van der Waals surface area contributed by atoms with Crippen molar-refractivity contribution >= 4 is 11.9 Å². The van der Waals surface area contributed by atoms with Crippen LogP contribution in [0.5, 0.6) is 0 Å². The Hall–Kier alpha value is -0.452. The Morgan fingerprint density at radius 2 is 1.33 bits per heavy atom. The molecule has 0 saturated heterocycles. The third-order valence-corrected chi connectivity index (χ3v) is 1.72. The van der Waals surface area contributed by atoms with Crippen LogP contribution in [-0.4, -0.2) is 24.0 Å². The van der Waals surface area contributed by atoms with E-state index in [4.69, 9.17) is 34.0 Å². The number of hydrogen-bond donors (Lipinski definition) is 2. The number of rotatable bonds is 0. The van der Waals surface area contributed by atoms with Crippen LogP contribution in [0.25, 0.3) is 0 Å². The molecule has 0 bridgehead atoms. The van der Waals surface area contributed by atoms with Crippen molar-refractivity contribution in [2.45, 2.75) is 37.7 Å². The number of carboxylic acids is 2. The molecule has 1 fully saturated rings. The van der Waals surface area contributed by atoms with Crippen LogP contribution in [0.3, 0.4) is 0 Å². The quantitative estimate of drug-likeness (QED) is 0.410. The second-order valence-electron chi connectivity index (χ2n) is 2.83. The molecule has 0 aliphatic heterocycles. The molecule has 0 unspecified atom stereocenters. The molecule has 90 valence electrons. The van der Waals surface area contributed by atoms with E-state index in [0.717, 1.165) is 12.8 Å². The summed E-state index contributed by atoms with van der Waals surface area (Å²) in [5.41, 5.74) is 11.0. The zero-order valence-corrected chi connectivity index (χ0v) is 10.2. The van der Waals surface area contributed by atoms with Crippen LogP contribution in [0.4, 0.5) is 0 Å². The van der Waals surface area contributed by atoms with Crippen LogP contribution in [0.15, 0.2) is 0 Å². The zero-order valence-electron chi connectivity index (χ0n) is 9.93. The number of carbonyl (C=O) groups excluding carboxylic acids is 2. The van der Waals surface area contributed by atoms with Crippen molar-refractivity contribution in [2.24, 2.45) is 11.5 Å². The van der Waals surface area contributed by atoms with Gasteiger partial charge in [-0.1, -0.05) is 12.8 Å². The minimum atomic E-state index is -2.19. The maximum absolute atomic E-state index is 8.93. The van der Waals surface area contributed by atoms with Gasteiger partial charge >= 0.3 is 21.1 Å². The largest absolute Gasteiger partial charge is 2.00 e. The number of aliphatic carboxylic acids is 2. The molecule has 0 spiro atoms. The van der Waals surface area contributed by atoms with Gasteiger partial charge in [-0.25, -0.2) is 0 Å². The van der Waals surface area contributed by atoms with Crippen molar-refractivity contribution in [3.63, 3.8) is 0 Å². The fourth-order valence-electron chi connectivity index (χ4n) is 0.952. The SMILES string of the molecule is O=C([O-])C(=O)[O-].[2H][C@@]1(N)CCCC[C@@]1([2H])N.[Pt+2]. The zero-order chi connectivity index (χ0) is 13.0. The van der Waals surface area contributed by atoms with E-state index in [0.29, 0.717) is 12.8 Å². The summed E-state index contributed by atoms with van der Waals surface area (Å²) in [5, 5.41) is 17.9. The number of carboxylic acid groups (broad SMARTS) is 2. The summed E-state index contributed by atoms with van der Waals surface area (Å²) < 4.78 is 15.0. The fraction of sp³-hybridized carbons (Fsp3) is 0.750. The average Bonchev–Trinajstić information content (AvgIpc) is 2.11. The Labute approximate surface area is 105 Å². The predicted octanol–water partition coefficient (Wildman–Crippen LogP) is -3.30. The Morgan fingerprint density at radius 3 is 1.47 bits per heavy atom. The van der Waals surface area contributed by atoms with E-state index < -0.39 is 24.0 Å². The topological polar surface area (TPSA) is 132 Å². The van der Waals surface area contributed by atoms with E-state index in [1.165, 1.54) is 0 Å². The average molecular weight is 399 g/mol. The Balaban J connectivity index is 0. The molecule has 6 nitrogen and oxygen atoms in total. The van der Waals surface area contributed by atoms with Crippen molar-refractivity contribution in [1.82, 2.24) is 0 Å². The van der Waals surface area contributed by atoms with Crippen molar-refractivity contribution < 1.29 is 43.6 Å². The number of nitrogens with two attached hydrogens (primary N) is 2. The first-order chi connectivity index (χ1) is 7.10. The number of hydrogen-bond acceptors (Lipinski definition) is 6. The third kappa shape index (κ3) is 8.54. The molecule has 1 rings (SSSR count). The molecule has 2 atom stereocenters. The molecule has 0 aromatic heterocycles. The van der Waals surface area contributed by atoms with Gasteiger partial charge in [0.25, 0.3) is 0 Å². The van der Waals surface area contributed by atoms with E-state index in [9.17, 15) is 0 Å².